The Morgan fingerprint density at radius 2 is 1.90 bits per heavy atom. The molecule has 1 atom stereocenters. The molecule has 4 rings (SSSR count). The standard InChI is InChI=1S/C23H30N2O4/c1-3-24(4-2)17-10-11-18-19(15-21(26)28-20(18)14-17)22(16-8-9-16)29-23(27)25-12-6-5-7-13-25/h10-11,14-16,22H,3-9,12-13H2,1-2H3. The van der Waals surface area contributed by atoms with Crippen LogP contribution in [0.15, 0.2) is 33.5 Å². The van der Waals surface area contributed by atoms with Crippen molar-refractivity contribution in [3.8, 4) is 0 Å². The zero-order valence-electron chi connectivity index (χ0n) is 17.4. The Bertz CT molecular complexity index is 924. The van der Waals surface area contributed by atoms with Crippen LogP contribution in [0, 0.1) is 5.92 Å². The van der Waals surface area contributed by atoms with Crippen molar-refractivity contribution in [2.75, 3.05) is 31.1 Å². The lowest BCUT2D eigenvalue weighted by Gasteiger charge is -2.29. The Balaban J connectivity index is 1.68. The van der Waals surface area contributed by atoms with Crippen molar-refractivity contribution in [3.05, 3.63) is 40.2 Å². The van der Waals surface area contributed by atoms with Crippen LogP contribution >= 0.6 is 0 Å². The summed E-state index contributed by atoms with van der Waals surface area (Å²) in [6, 6.07) is 7.47. The number of anilines is 1. The lowest BCUT2D eigenvalue weighted by Crippen LogP contribution is -2.37. The highest BCUT2D eigenvalue weighted by atomic mass is 16.6. The monoisotopic (exact) mass is 398 g/mol. The van der Waals surface area contributed by atoms with E-state index < -0.39 is 11.7 Å². The summed E-state index contributed by atoms with van der Waals surface area (Å²) in [7, 11) is 0. The average Bonchev–Trinajstić information content (AvgIpc) is 3.58. The van der Waals surface area contributed by atoms with Crippen LogP contribution < -0.4 is 10.5 Å². The van der Waals surface area contributed by atoms with Gasteiger partial charge in [-0.1, -0.05) is 0 Å². The number of amides is 1. The molecule has 6 heteroatoms. The summed E-state index contributed by atoms with van der Waals surface area (Å²) in [5.41, 5.74) is 1.95. The van der Waals surface area contributed by atoms with Crippen molar-refractivity contribution in [1.82, 2.24) is 4.90 Å². The lowest BCUT2D eigenvalue weighted by molar-refractivity contribution is 0.0482. The topological polar surface area (TPSA) is 63.0 Å². The second-order valence-corrected chi connectivity index (χ2v) is 8.06. The molecule has 1 aromatic carbocycles. The zero-order chi connectivity index (χ0) is 20.4. The van der Waals surface area contributed by atoms with E-state index in [1.807, 2.05) is 12.1 Å². The number of hydrogen-bond donors (Lipinski definition) is 0. The first-order valence-corrected chi connectivity index (χ1v) is 10.9. The highest BCUT2D eigenvalue weighted by molar-refractivity contribution is 5.84. The summed E-state index contributed by atoms with van der Waals surface area (Å²) < 4.78 is 11.5. The fourth-order valence-corrected chi connectivity index (χ4v) is 4.27. The molecule has 0 radical (unpaired) electrons. The lowest BCUT2D eigenvalue weighted by atomic mass is 10.0. The molecule has 2 aliphatic rings. The fraction of sp³-hybridized carbons (Fsp3) is 0.565. The maximum atomic E-state index is 12.8. The number of ether oxygens (including phenoxy) is 1. The van der Waals surface area contributed by atoms with E-state index in [1.165, 1.54) is 6.07 Å². The van der Waals surface area contributed by atoms with Crippen LogP contribution in [-0.4, -0.2) is 37.2 Å². The third-order valence-corrected chi connectivity index (χ3v) is 6.09. The van der Waals surface area contributed by atoms with Gasteiger partial charge in [-0.05, 0) is 58.1 Å². The smallest absolute Gasteiger partial charge is 0.410 e. The number of carbonyl (C=O) groups is 1. The first-order chi connectivity index (χ1) is 14.1. The molecule has 6 nitrogen and oxygen atoms in total. The van der Waals surface area contributed by atoms with Crippen LogP contribution in [0.5, 0.6) is 0 Å². The summed E-state index contributed by atoms with van der Waals surface area (Å²) in [6.07, 6.45) is 4.58. The molecule has 2 heterocycles. The number of carbonyl (C=O) groups excluding carboxylic acids is 1. The van der Waals surface area contributed by atoms with Gasteiger partial charge < -0.3 is 19.0 Å². The number of likely N-dealkylation sites (tertiary alicyclic amines) is 1. The van der Waals surface area contributed by atoms with Crippen LogP contribution in [0.25, 0.3) is 11.0 Å². The number of nitrogens with zero attached hydrogens (tertiary/aromatic N) is 2. The van der Waals surface area contributed by atoms with E-state index >= 15 is 0 Å². The molecule has 2 aromatic rings. The summed E-state index contributed by atoms with van der Waals surface area (Å²) in [6.45, 7) is 7.46. The molecule has 1 aliphatic carbocycles. The normalized spacial score (nSPS) is 17.9. The first kappa shape index (κ1) is 19.8. The van der Waals surface area contributed by atoms with Gasteiger partial charge in [0, 0.05) is 60.9 Å². The number of hydrogen-bond acceptors (Lipinski definition) is 5. The molecule has 1 saturated carbocycles. The van der Waals surface area contributed by atoms with Gasteiger partial charge in [0.25, 0.3) is 0 Å². The maximum absolute atomic E-state index is 12.8. The maximum Gasteiger partial charge on any atom is 0.410 e. The van der Waals surface area contributed by atoms with Crippen molar-refractivity contribution in [2.24, 2.45) is 5.92 Å². The van der Waals surface area contributed by atoms with Crippen molar-refractivity contribution >= 4 is 22.7 Å². The van der Waals surface area contributed by atoms with Crippen LogP contribution in [0.4, 0.5) is 10.5 Å². The predicted molar refractivity (Wildman–Crippen MR) is 113 cm³/mol. The van der Waals surface area contributed by atoms with Gasteiger partial charge in [0.2, 0.25) is 0 Å². The Kier molecular flexibility index (Phi) is 5.79. The first-order valence-electron chi connectivity index (χ1n) is 10.9. The van der Waals surface area contributed by atoms with Gasteiger partial charge in [-0.25, -0.2) is 9.59 Å². The molecule has 29 heavy (non-hydrogen) atoms. The SMILES string of the molecule is CCN(CC)c1ccc2c(C(OC(=O)N3CCCCC3)C3CC3)cc(=O)oc2c1. The number of fused-ring (bicyclic) bond motifs is 1. The van der Waals surface area contributed by atoms with E-state index in [4.69, 9.17) is 9.15 Å². The quantitative estimate of drug-likeness (QED) is 0.659. The molecule has 1 aromatic heterocycles. The van der Waals surface area contributed by atoms with Crippen LogP contribution in [-0.2, 0) is 4.74 Å². The van der Waals surface area contributed by atoms with Gasteiger partial charge in [-0.15, -0.1) is 0 Å². The molecular formula is C23H30N2O4. The average molecular weight is 399 g/mol. The van der Waals surface area contributed by atoms with Crippen LogP contribution in [0.3, 0.4) is 0 Å². The van der Waals surface area contributed by atoms with E-state index in [0.717, 1.165) is 74.9 Å². The zero-order valence-corrected chi connectivity index (χ0v) is 17.4. The van der Waals surface area contributed by atoms with Crippen molar-refractivity contribution in [2.45, 2.75) is 52.1 Å². The van der Waals surface area contributed by atoms with E-state index in [2.05, 4.69) is 24.8 Å². The third-order valence-electron chi connectivity index (χ3n) is 6.09. The molecule has 0 spiro atoms. The van der Waals surface area contributed by atoms with Gasteiger partial charge >= 0.3 is 11.7 Å². The van der Waals surface area contributed by atoms with Crippen LogP contribution in [0.2, 0.25) is 0 Å². The van der Waals surface area contributed by atoms with Crippen molar-refractivity contribution < 1.29 is 13.9 Å². The summed E-state index contributed by atoms with van der Waals surface area (Å²) >= 11 is 0. The van der Waals surface area contributed by atoms with E-state index in [0.29, 0.717) is 5.58 Å². The summed E-state index contributed by atoms with van der Waals surface area (Å²) in [5.74, 6) is 0.274. The van der Waals surface area contributed by atoms with Gasteiger partial charge in [0.05, 0.1) is 0 Å². The molecule has 156 valence electrons. The van der Waals surface area contributed by atoms with E-state index in [-0.39, 0.29) is 12.0 Å². The second-order valence-electron chi connectivity index (χ2n) is 8.06. The highest BCUT2D eigenvalue weighted by Gasteiger charge is 2.38. The minimum absolute atomic E-state index is 0.261. The van der Waals surface area contributed by atoms with Crippen molar-refractivity contribution in [3.63, 3.8) is 0 Å². The van der Waals surface area contributed by atoms with Gasteiger partial charge in [0.15, 0.2) is 0 Å². The fourth-order valence-electron chi connectivity index (χ4n) is 4.27. The minimum Gasteiger partial charge on any atom is -0.441 e. The number of rotatable bonds is 6. The molecule has 1 amide bonds. The Morgan fingerprint density at radius 1 is 1.17 bits per heavy atom. The van der Waals surface area contributed by atoms with Gasteiger partial charge in [-0.3, -0.25) is 0 Å². The highest BCUT2D eigenvalue weighted by Crippen LogP contribution is 2.45. The second kappa shape index (κ2) is 8.47. The molecule has 1 unspecified atom stereocenters. The van der Waals surface area contributed by atoms with Crippen LogP contribution in [0.1, 0.15) is 57.6 Å². The predicted octanol–water partition coefficient (Wildman–Crippen LogP) is 4.71. The molecule has 0 N–H and O–H groups in total. The van der Waals surface area contributed by atoms with Gasteiger partial charge in [-0.2, -0.15) is 0 Å². The molecular weight excluding hydrogens is 368 g/mol. The Morgan fingerprint density at radius 3 is 2.55 bits per heavy atom. The molecule has 0 bridgehead atoms. The molecule has 1 aliphatic heterocycles. The van der Waals surface area contributed by atoms with E-state index in [1.54, 1.807) is 4.90 Å². The van der Waals surface area contributed by atoms with E-state index in [9.17, 15) is 9.59 Å². The largest absolute Gasteiger partial charge is 0.441 e. The molecule has 1 saturated heterocycles. The minimum atomic E-state index is -0.399. The molecule has 2 fully saturated rings. The summed E-state index contributed by atoms with van der Waals surface area (Å²) in [5, 5.41) is 0.851. The Hall–Kier alpha value is -2.50. The number of benzene rings is 1. The van der Waals surface area contributed by atoms with Gasteiger partial charge in [0.1, 0.15) is 11.7 Å². The van der Waals surface area contributed by atoms with Crippen molar-refractivity contribution in [1.29, 1.82) is 0 Å². The third kappa shape index (κ3) is 4.26. The summed E-state index contributed by atoms with van der Waals surface area (Å²) in [4.78, 5) is 29.1. The Labute approximate surface area is 171 Å². The number of piperidine rings is 1.